The van der Waals surface area contributed by atoms with Crippen molar-refractivity contribution < 1.29 is 4.79 Å². The number of nitrogens with zero attached hydrogens (tertiary/aromatic N) is 4. The molecule has 2 fully saturated rings. The van der Waals surface area contributed by atoms with Crippen LogP contribution >= 0.6 is 27.5 Å². The second-order valence-electron chi connectivity index (χ2n) is 10.2. The van der Waals surface area contributed by atoms with Gasteiger partial charge in [-0.05, 0) is 100 Å². The van der Waals surface area contributed by atoms with Crippen LogP contribution < -0.4 is 9.91 Å². The van der Waals surface area contributed by atoms with Crippen LogP contribution in [0.5, 0.6) is 0 Å². The molecule has 4 aliphatic heterocycles. The maximum Gasteiger partial charge on any atom is 0.261 e. The second-order valence-corrected chi connectivity index (χ2v) is 11.5. The second kappa shape index (κ2) is 8.65. The SMILES string of the molecule is CC1=NN(c2ccc(Cl)cc2)C(=O)[C@@]12Cc1cc(Br)ccc1N1CC[C@@H](N3CCCCC3)C[C@@H]12. The van der Waals surface area contributed by atoms with Crippen molar-refractivity contribution in [1.29, 1.82) is 0 Å². The zero-order valence-corrected chi connectivity index (χ0v) is 21.9. The van der Waals surface area contributed by atoms with E-state index in [-0.39, 0.29) is 11.9 Å². The summed E-state index contributed by atoms with van der Waals surface area (Å²) < 4.78 is 1.05. The zero-order chi connectivity index (χ0) is 23.4. The first-order valence-electron chi connectivity index (χ1n) is 12.4. The zero-order valence-electron chi connectivity index (χ0n) is 19.5. The van der Waals surface area contributed by atoms with E-state index in [1.165, 1.54) is 43.6 Å². The standard InChI is InChI=1S/C27H30BrClN4O/c1-18-27(26(34)33(30-18)22-8-6-21(29)7-9-22)17-19-15-20(28)5-10-24(19)32-14-11-23(16-25(27)32)31-12-3-2-4-13-31/h5-10,15,23,25H,2-4,11-14,16-17H2,1H3/t23-,25-,27+/m1/s1. The Hall–Kier alpha value is -1.89. The van der Waals surface area contributed by atoms with Gasteiger partial charge in [-0.1, -0.05) is 34.0 Å². The lowest BCUT2D eigenvalue weighted by molar-refractivity contribution is -0.125. The molecule has 0 aliphatic carbocycles. The molecule has 0 radical (unpaired) electrons. The van der Waals surface area contributed by atoms with Crippen molar-refractivity contribution in [3.63, 3.8) is 0 Å². The number of hydrogen-bond donors (Lipinski definition) is 0. The molecule has 2 saturated heterocycles. The van der Waals surface area contributed by atoms with Crippen molar-refractivity contribution >= 4 is 50.5 Å². The van der Waals surface area contributed by atoms with E-state index < -0.39 is 5.41 Å². The quantitative estimate of drug-likeness (QED) is 0.476. The van der Waals surface area contributed by atoms with Crippen LogP contribution in [0, 0.1) is 5.41 Å². The van der Waals surface area contributed by atoms with E-state index >= 15 is 0 Å². The van der Waals surface area contributed by atoms with E-state index in [0.717, 1.165) is 35.3 Å². The molecule has 5 nitrogen and oxygen atoms in total. The molecule has 4 aliphatic rings. The largest absolute Gasteiger partial charge is 0.367 e. The Morgan fingerprint density at radius 1 is 1.06 bits per heavy atom. The van der Waals surface area contributed by atoms with Gasteiger partial charge in [0.2, 0.25) is 0 Å². The summed E-state index contributed by atoms with van der Waals surface area (Å²) in [5.41, 5.74) is 3.55. The van der Waals surface area contributed by atoms with Gasteiger partial charge in [0.05, 0.1) is 17.4 Å². The van der Waals surface area contributed by atoms with Gasteiger partial charge in [-0.3, -0.25) is 4.79 Å². The minimum absolute atomic E-state index is 0.0900. The molecule has 0 unspecified atom stereocenters. The molecule has 0 saturated carbocycles. The molecule has 0 bridgehead atoms. The van der Waals surface area contributed by atoms with E-state index in [0.29, 0.717) is 17.5 Å². The number of benzene rings is 2. The Morgan fingerprint density at radius 2 is 1.82 bits per heavy atom. The first-order chi connectivity index (χ1) is 16.5. The lowest BCUT2D eigenvalue weighted by Gasteiger charge is -2.54. The van der Waals surface area contributed by atoms with Crippen molar-refractivity contribution in [2.24, 2.45) is 10.5 Å². The summed E-state index contributed by atoms with van der Waals surface area (Å²) >= 11 is 9.78. The minimum atomic E-state index is -0.651. The highest BCUT2D eigenvalue weighted by molar-refractivity contribution is 9.10. The van der Waals surface area contributed by atoms with Gasteiger partial charge in [0, 0.05) is 27.8 Å². The molecule has 7 heteroatoms. The third-order valence-electron chi connectivity index (χ3n) is 8.41. The van der Waals surface area contributed by atoms with Gasteiger partial charge >= 0.3 is 0 Å². The van der Waals surface area contributed by atoms with Crippen LogP contribution in [0.2, 0.25) is 5.02 Å². The van der Waals surface area contributed by atoms with E-state index in [9.17, 15) is 4.79 Å². The summed E-state index contributed by atoms with van der Waals surface area (Å²) in [5.74, 6) is 0.0900. The number of fused-ring (bicyclic) bond motifs is 4. The lowest BCUT2D eigenvalue weighted by Crippen LogP contribution is -2.64. The van der Waals surface area contributed by atoms with E-state index in [4.69, 9.17) is 16.7 Å². The van der Waals surface area contributed by atoms with Gasteiger partial charge in [-0.25, -0.2) is 0 Å². The van der Waals surface area contributed by atoms with Gasteiger partial charge in [-0.15, -0.1) is 0 Å². The van der Waals surface area contributed by atoms with E-state index in [2.05, 4.69) is 50.9 Å². The number of anilines is 2. The Kier molecular flexibility index (Phi) is 5.74. The third kappa shape index (κ3) is 3.52. The van der Waals surface area contributed by atoms with Crippen molar-refractivity contribution in [2.45, 2.75) is 57.5 Å². The maximum absolute atomic E-state index is 14.3. The highest BCUT2D eigenvalue weighted by Gasteiger charge is 2.60. The molecule has 4 heterocycles. The molecule has 0 aromatic heterocycles. The lowest BCUT2D eigenvalue weighted by atomic mass is 9.65. The molecule has 2 aromatic rings. The molecule has 6 rings (SSSR count). The summed E-state index contributed by atoms with van der Waals surface area (Å²) in [6.07, 6.45) is 6.75. The van der Waals surface area contributed by atoms with Gasteiger partial charge < -0.3 is 9.80 Å². The number of amides is 1. The number of hydrazone groups is 1. The molecular weight excluding hydrogens is 512 g/mol. The normalized spacial score (nSPS) is 29.3. The fraction of sp³-hybridized carbons (Fsp3) is 0.481. The highest BCUT2D eigenvalue weighted by atomic mass is 79.9. The Labute approximate surface area is 214 Å². The summed E-state index contributed by atoms with van der Waals surface area (Å²) in [6, 6.07) is 14.6. The monoisotopic (exact) mass is 540 g/mol. The van der Waals surface area contributed by atoms with Crippen LogP contribution in [0.25, 0.3) is 0 Å². The average molecular weight is 542 g/mol. The number of halogens is 2. The highest BCUT2D eigenvalue weighted by Crippen LogP contribution is 2.50. The van der Waals surface area contributed by atoms with Gasteiger partial charge in [-0.2, -0.15) is 10.1 Å². The average Bonchev–Trinajstić information content (AvgIpc) is 3.10. The number of carbonyl (C=O) groups is 1. The third-order valence-corrected chi connectivity index (χ3v) is 9.16. The summed E-state index contributed by atoms with van der Waals surface area (Å²) in [4.78, 5) is 19.5. The van der Waals surface area contributed by atoms with Crippen molar-refractivity contribution in [3.05, 3.63) is 57.5 Å². The molecule has 178 valence electrons. The fourth-order valence-electron chi connectivity index (χ4n) is 6.68. The number of hydrogen-bond acceptors (Lipinski definition) is 4. The van der Waals surface area contributed by atoms with Crippen LogP contribution in [0.1, 0.15) is 44.6 Å². The predicted molar refractivity (Wildman–Crippen MR) is 142 cm³/mol. The maximum atomic E-state index is 14.3. The topological polar surface area (TPSA) is 39.2 Å². The molecule has 3 atom stereocenters. The summed E-state index contributed by atoms with van der Waals surface area (Å²) in [7, 11) is 0. The molecule has 2 aromatic carbocycles. The summed E-state index contributed by atoms with van der Waals surface area (Å²) in [6.45, 7) is 5.40. The van der Waals surface area contributed by atoms with Gasteiger partial charge in [0.25, 0.3) is 5.91 Å². The summed E-state index contributed by atoms with van der Waals surface area (Å²) in [5, 5.41) is 7.16. The first kappa shape index (κ1) is 22.6. The predicted octanol–water partition coefficient (Wildman–Crippen LogP) is 5.89. The van der Waals surface area contributed by atoms with Crippen LogP contribution in [-0.2, 0) is 11.2 Å². The van der Waals surface area contributed by atoms with Crippen molar-refractivity contribution in [2.75, 3.05) is 29.5 Å². The number of piperidine rings is 2. The van der Waals surface area contributed by atoms with Gasteiger partial charge in [0.1, 0.15) is 5.41 Å². The molecule has 1 amide bonds. The Morgan fingerprint density at radius 3 is 2.59 bits per heavy atom. The van der Waals surface area contributed by atoms with E-state index in [1.807, 2.05) is 24.3 Å². The fourth-order valence-corrected chi connectivity index (χ4v) is 7.22. The van der Waals surface area contributed by atoms with E-state index in [1.54, 1.807) is 5.01 Å². The van der Waals surface area contributed by atoms with Crippen LogP contribution in [-0.4, -0.2) is 48.2 Å². The number of rotatable bonds is 2. The Balaban J connectivity index is 1.42. The van der Waals surface area contributed by atoms with Gasteiger partial charge in [0.15, 0.2) is 0 Å². The molecule has 0 N–H and O–H groups in total. The molecule has 34 heavy (non-hydrogen) atoms. The van der Waals surface area contributed by atoms with Crippen LogP contribution in [0.15, 0.2) is 52.0 Å². The minimum Gasteiger partial charge on any atom is -0.367 e. The first-order valence-corrected chi connectivity index (χ1v) is 13.6. The molecular formula is C27H30BrClN4O. The van der Waals surface area contributed by atoms with Crippen LogP contribution in [0.4, 0.5) is 11.4 Å². The smallest absolute Gasteiger partial charge is 0.261 e. The molecule has 1 spiro atoms. The number of likely N-dealkylation sites (tertiary alicyclic amines) is 1. The van der Waals surface area contributed by atoms with Crippen molar-refractivity contribution in [1.82, 2.24) is 4.90 Å². The van der Waals surface area contributed by atoms with Crippen LogP contribution in [0.3, 0.4) is 0 Å². The van der Waals surface area contributed by atoms with Crippen molar-refractivity contribution in [3.8, 4) is 0 Å². The Bertz CT molecular complexity index is 1150. The number of carbonyl (C=O) groups excluding carboxylic acids is 1.